The predicted molar refractivity (Wildman–Crippen MR) is 80.8 cm³/mol. The van der Waals surface area contributed by atoms with Crippen molar-refractivity contribution in [2.24, 2.45) is 5.10 Å². The van der Waals surface area contributed by atoms with Crippen LogP contribution < -0.4 is 10.7 Å². The van der Waals surface area contributed by atoms with E-state index in [0.29, 0.717) is 24.0 Å². The van der Waals surface area contributed by atoms with Crippen molar-refractivity contribution >= 4 is 23.5 Å². The maximum Gasteiger partial charge on any atom is 0.187 e. The number of aromatic hydroxyl groups is 1. The summed E-state index contributed by atoms with van der Waals surface area (Å²) in [5, 5.41) is 17.1. The van der Waals surface area contributed by atoms with E-state index in [1.807, 2.05) is 26.0 Å². The average molecular weight is 281 g/mol. The number of ether oxygens (including phenoxy) is 1. The van der Waals surface area contributed by atoms with Crippen LogP contribution in [0.25, 0.3) is 0 Å². The van der Waals surface area contributed by atoms with Gasteiger partial charge in [-0.15, -0.1) is 0 Å². The first-order valence-electron chi connectivity index (χ1n) is 5.90. The van der Waals surface area contributed by atoms with Gasteiger partial charge in [-0.1, -0.05) is 0 Å². The molecule has 0 aliphatic carbocycles. The zero-order valence-electron chi connectivity index (χ0n) is 11.4. The highest BCUT2D eigenvalue weighted by Gasteiger charge is 2.01. The molecule has 0 saturated heterocycles. The number of nitrogens with zero attached hydrogens (tertiary/aromatic N) is 1. The van der Waals surface area contributed by atoms with Crippen LogP contribution in [0.15, 0.2) is 17.2 Å². The third kappa shape index (κ3) is 5.23. The quantitative estimate of drug-likeness (QED) is 0.330. The SMILES string of the molecule is COCCNC(=S)N/N=C/c1cc(C)c(O)c(C)c1. The van der Waals surface area contributed by atoms with E-state index in [0.717, 1.165) is 16.7 Å². The summed E-state index contributed by atoms with van der Waals surface area (Å²) in [6, 6.07) is 3.71. The number of hydrogen-bond acceptors (Lipinski definition) is 4. The largest absolute Gasteiger partial charge is 0.507 e. The predicted octanol–water partition coefficient (Wildman–Crippen LogP) is 1.45. The maximum absolute atomic E-state index is 9.66. The third-order valence-electron chi connectivity index (χ3n) is 2.48. The Bertz CT molecular complexity index is 452. The van der Waals surface area contributed by atoms with Crippen molar-refractivity contribution in [3.63, 3.8) is 0 Å². The number of hydrogen-bond donors (Lipinski definition) is 3. The fourth-order valence-corrected chi connectivity index (χ4v) is 1.69. The van der Waals surface area contributed by atoms with Crippen molar-refractivity contribution < 1.29 is 9.84 Å². The Hall–Kier alpha value is -1.66. The molecule has 0 saturated carbocycles. The Morgan fingerprint density at radius 2 is 2.05 bits per heavy atom. The van der Waals surface area contributed by atoms with Gasteiger partial charge in [-0.3, -0.25) is 5.43 Å². The molecule has 0 heterocycles. The van der Waals surface area contributed by atoms with Gasteiger partial charge in [0.05, 0.1) is 12.8 Å². The van der Waals surface area contributed by atoms with E-state index in [9.17, 15) is 5.11 Å². The van der Waals surface area contributed by atoms with Gasteiger partial charge in [0.2, 0.25) is 0 Å². The van der Waals surface area contributed by atoms with E-state index < -0.39 is 0 Å². The molecule has 0 unspecified atom stereocenters. The molecule has 1 aromatic rings. The zero-order valence-corrected chi connectivity index (χ0v) is 12.2. The lowest BCUT2D eigenvalue weighted by Crippen LogP contribution is -2.34. The van der Waals surface area contributed by atoms with Crippen molar-refractivity contribution in [3.8, 4) is 5.75 Å². The van der Waals surface area contributed by atoms with Gasteiger partial charge in [-0.05, 0) is 54.9 Å². The lowest BCUT2D eigenvalue weighted by atomic mass is 10.1. The Morgan fingerprint density at radius 3 is 2.63 bits per heavy atom. The Labute approximate surface area is 118 Å². The van der Waals surface area contributed by atoms with Crippen LogP contribution in [0, 0.1) is 13.8 Å². The van der Waals surface area contributed by atoms with Gasteiger partial charge in [-0.25, -0.2) is 0 Å². The minimum absolute atomic E-state index is 0.321. The lowest BCUT2D eigenvalue weighted by molar-refractivity contribution is 0.204. The van der Waals surface area contributed by atoms with Crippen LogP contribution in [0.1, 0.15) is 16.7 Å². The second kappa shape index (κ2) is 7.70. The van der Waals surface area contributed by atoms with Crippen LogP contribution in [0.2, 0.25) is 0 Å². The molecule has 0 spiro atoms. The van der Waals surface area contributed by atoms with Gasteiger partial charge in [0.15, 0.2) is 5.11 Å². The first kappa shape index (κ1) is 15.4. The standard InChI is InChI=1S/C13H19N3O2S/c1-9-6-11(7-10(2)12(9)17)8-15-16-13(19)14-4-5-18-3/h6-8,17H,4-5H2,1-3H3,(H2,14,16,19)/b15-8+. The summed E-state index contributed by atoms with van der Waals surface area (Å²) < 4.78 is 4.89. The summed E-state index contributed by atoms with van der Waals surface area (Å²) in [5.74, 6) is 0.321. The minimum Gasteiger partial charge on any atom is -0.507 e. The van der Waals surface area contributed by atoms with Crippen molar-refractivity contribution in [1.82, 2.24) is 10.7 Å². The molecular formula is C13H19N3O2S. The summed E-state index contributed by atoms with van der Waals surface area (Å²) in [6.07, 6.45) is 1.66. The molecule has 104 valence electrons. The van der Waals surface area contributed by atoms with E-state index in [2.05, 4.69) is 15.8 Å². The number of phenolic OH excluding ortho intramolecular Hbond substituents is 1. The molecule has 0 fully saturated rings. The average Bonchev–Trinajstić information content (AvgIpc) is 2.36. The van der Waals surface area contributed by atoms with Gasteiger partial charge in [-0.2, -0.15) is 5.10 Å². The molecule has 0 bridgehead atoms. The fraction of sp³-hybridized carbons (Fsp3) is 0.385. The topological polar surface area (TPSA) is 65.9 Å². The Morgan fingerprint density at radius 1 is 1.42 bits per heavy atom. The maximum atomic E-state index is 9.66. The summed E-state index contributed by atoms with van der Waals surface area (Å²) in [4.78, 5) is 0. The van der Waals surface area contributed by atoms with E-state index in [-0.39, 0.29) is 0 Å². The normalized spacial score (nSPS) is 10.7. The lowest BCUT2D eigenvalue weighted by Gasteiger charge is -2.06. The van der Waals surface area contributed by atoms with Crippen molar-refractivity contribution in [2.75, 3.05) is 20.3 Å². The second-order valence-corrected chi connectivity index (χ2v) is 4.53. The van der Waals surface area contributed by atoms with Gasteiger partial charge < -0.3 is 15.2 Å². The molecule has 5 nitrogen and oxygen atoms in total. The summed E-state index contributed by atoms with van der Waals surface area (Å²) in [7, 11) is 1.63. The highest BCUT2D eigenvalue weighted by molar-refractivity contribution is 7.80. The molecule has 0 atom stereocenters. The number of nitrogens with one attached hydrogen (secondary N) is 2. The Kier molecular flexibility index (Phi) is 6.24. The van der Waals surface area contributed by atoms with Crippen molar-refractivity contribution in [2.45, 2.75) is 13.8 Å². The molecular weight excluding hydrogens is 262 g/mol. The van der Waals surface area contributed by atoms with E-state index in [1.54, 1.807) is 13.3 Å². The number of methoxy groups -OCH3 is 1. The molecule has 0 aliphatic rings. The van der Waals surface area contributed by atoms with Gasteiger partial charge in [0.1, 0.15) is 5.75 Å². The smallest absolute Gasteiger partial charge is 0.187 e. The molecule has 3 N–H and O–H groups in total. The highest BCUT2D eigenvalue weighted by Crippen LogP contribution is 2.21. The molecule has 0 radical (unpaired) electrons. The van der Waals surface area contributed by atoms with E-state index >= 15 is 0 Å². The van der Waals surface area contributed by atoms with Crippen LogP contribution in [-0.2, 0) is 4.74 Å². The van der Waals surface area contributed by atoms with E-state index in [4.69, 9.17) is 17.0 Å². The molecule has 0 aliphatic heterocycles. The van der Waals surface area contributed by atoms with Crippen molar-refractivity contribution in [1.29, 1.82) is 0 Å². The molecule has 6 heteroatoms. The summed E-state index contributed by atoms with van der Waals surface area (Å²) in [6.45, 7) is 4.92. The molecule has 1 rings (SSSR count). The highest BCUT2D eigenvalue weighted by atomic mass is 32.1. The summed E-state index contributed by atoms with van der Waals surface area (Å²) in [5.41, 5.74) is 5.26. The van der Waals surface area contributed by atoms with Crippen LogP contribution >= 0.6 is 12.2 Å². The van der Waals surface area contributed by atoms with Gasteiger partial charge >= 0.3 is 0 Å². The zero-order chi connectivity index (χ0) is 14.3. The number of benzene rings is 1. The van der Waals surface area contributed by atoms with Crippen LogP contribution in [-0.4, -0.2) is 36.7 Å². The van der Waals surface area contributed by atoms with Crippen LogP contribution in [0.3, 0.4) is 0 Å². The first-order valence-corrected chi connectivity index (χ1v) is 6.31. The van der Waals surface area contributed by atoms with Crippen LogP contribution in [0.4, 0.5) is 0 Å². The molecule has 0 aromatic heterocycles. The number of thiocarbonyl (C=S) groups is 1. The van der Waals surface area contributed by atoms with Crippen molar-refractivity contribution in [3.05, 3.63) is 28.8 Å². The first-order chi connectivity index (χ1) is 9.04. The number of rotatable bonds is 5. The van der Waals surface area contributed by atoms with E-state index in [1.165, 1.54) is 0 Å². The summed E-state index contributed by atoms with van der Waals surface area (Å²) >= 11 is 5.02. The molecule has 19 heavy (non-hydrogen) atoms. The Balaban J connectivity index is 2.51. The molecule has 0 amide bonds. The number of phenols is 1. The molecule has 1 aromatic carbocycles. The third-order valence-corrected chi connectivity index (χ3v) is 2.72. The minimum atomic E-state index is 0.321. The number of hydrazone groups is 1. The number of aryl methyl sites for hydroxylation is 2. The van der Waals surface area contributed by atoms with Gasteiger partial charge in [0.25, 0.3) is 0 Å². The second-order valence-electron chi connectivity index (χ2n) is 4.12. The fourth-order valence-electron chi connectivity index (χ4n) is 1.54. The van der Waals surface area contributed by atoms with Gasteiger partial charge in [0, 0.05) is 13.7 Å². The monoisotopic (exact) mass is 281 g/mol. The van der Waals surface area contributed by atoms with Crippen LogP contribution in [0.5, 0.6) is 5.75 Å².